The first-order valence-electron chi connectivity index (χ1n) is 6.77. The number of hydrogen-bond acceptors (Lipinski definition) is 1. The van der Waals surface area contributed by atoms with Gasteiger partial charge in [-0.15, -0.1) is 0 Å². The van der Waals surface area contributed by atoms with Crippen LogP contribution in [0.4, 0.5) is 0 Å². The van der Waals surface area contributed by atoms with Crippen LogP contribution in [0.15, 0.2) is 0 Å². The minimum atomic E-state index is 1.09. The number of rotatable bonds is 11. The molecular weight excluding hydrogens is 182 g/mol. The summed E-state index contributed by atoms with van der Waals surface area (Å²) in [5, 5.41) is 3.46. The molecule has 0 aromatic carbocycles. The smallest absolute Gasteiger partial charge is 0.000811 e. The summed E-state index contributed by atoms with van der Waals surface area (Å²) < 4.78 is 0. The topological polar surface area (TPSA) is 12.0 Å². The molecular formula is C14H30N. The third kappa shape index (κ3) is 14.0. The van der Waals surface area contributed by atoms with Crippen LogP contribution >= 0.6 is 0 Å². The largest absolute Gasteiger partial charge is 0.316 e. The molecule has 1 N–H and O–H groups in total. The summed E-state index contributed by atoms with van der Waals surface area (Å²) in [6.45, 7) is 8.93. The fraction of sp³-hybridized carbons (Fsp3) is 0.929. The fourth-order valence-electron chi connectivity index (χ4n) is 1.72. The van der Waals surface area contributed by atoms with Crippen LogP contribution in [0.3, 0.4) is 0 Å². The molecule has 0 unspecified atom stereocenters. The molecule has 91 valence electrons. The van der Waals surface area contributed by atoms with Gasteiger partial charge in [-0.25, -0.2) is 0 Å². The van der Waals surface area contributed by atoms with E-state index in [1.54, 1.807) is 0 Å². The summed E-state index contributed by atoms with van der Waals surface area (Å²) in [6, 6.07) is 0. The van der Waals surface area contributed by atoms with Gasteiger partial charge in [-0.2, -0.15) is 0 Å². The van der Waals surface area contributed by atoms with Crippen molar-refractivity contribution in [2.75, 3.05) is 13.1 Å². The van der Waals surface area contributed by atoms with Crippen LogP contribution in [0.5, 0.6) is 0 Å². The lowest BCUT2D eigenvalue weighted by Gasteiger charge is -2.06. The molecule has 15 heavy (non-hydrogen) atoms. The molecule has 0 saturated heterocycles. The van der Waals surface area contributed by atoms with Gasteiger partial charge in [0.05, 0.1) is 0 Å². The van der Waals surface area contributed by atoms with E-state index in [0.717, 1.165) is 6.54 Å². The van der Waals surface area contributed by atoms with Crippen molar-refractivity contribution in [2.45, 2.75) is 72.1 Å². The Morgan fingerprint density at radius 3 is 1.87 bits per heavy atom. The Kier molecular flexibility index (Phi) is 12.0. The van der Waals surface area contributed by atoms with Gasteiger partial charge < -0.3 is 5.32 Å². The summed E-state index contributed by atoms with van der Waals surface area (Å²) in [4.78, 5) is 0. The third-order valence-electron chi connectivity index (χ3n) is 2.69. The Morgan fingerprint density at radius 1 is 0.800 bits per heavy atom. The lowest BCUT2D eigenvalue weighted by atomic mass is 10.1. The van der Waals surface area contributed by atoms with Gasteiger partial charge in [-0.1, -0.05) is 65.7 Å². The second kappa shape index (κ2) is 12.0. The lowest BCUT2D eigenvalue weighted by Crippen LogP contribution is -2.19. The molecule has 0 bridgehead atoms. The molecule has 0 aromatic rings. The first-order valence-corrected chi connectivity index (χ1v) is 6.77. The van der Waals surface area contributed by atoms with Crippen LogP contribution in [-0.4, -0.2) is 13.1 Å². The zero-order valence-corrected chi connectivity index (χ0v) is 11.1. The predicted octanol–water partition coefficient (Wildman–Crippen LogP) is 4.33. The van der Waals surface area contributed by atoms with Crippen molar-refractivity contribution in [2.24, 2.45) is 0 Å². The molecule has 1 heteroatoms. The summed E-state index contributed by atoms with van der Waals surface area (Å²) in [6.07, 6.45) is 11.3. The Bertz CT molecular complexity index is 110. The highest BCUT2D eigenvalue weighted by molar-refractivity contribution is 4.79. The van der Waals surface area contributed by atoms with Gasteiger partial charge in [0.1, 0.15) is 0 Å². The van der Waals surface area contributed by atoms with Gasteiger partial charge in [0, 0.05) is 6.54 Å². The van der Waals surface area contributed by atoms with Gasteiger partial charge in [0.25, 0.3) is 0 Å². The van der Waals surface area contributed by atoms with Crippen molar-refractivity contribution in [3.63, 3.8) is 0 Å². The molecule has 0 amide bonds. The van der Waals surface area contributed by atoms with Crippen LogP contribution in [0, 0.1) is 5.92 Å². The first-order chi connectivity index (χ1) is 7.27. The van der Waals surface area contributed by atoms with E-state index in [4.69, 9.17) is 0 Å². The molecule has 1 radical (unpaired) electrons. The van der Waals surface area contributed by atoms with Crippen molar-refractivity contribution in [1.82, 2.24) is 5.32 Å². The van der Waals surface area contributed by atoms with E-state index >= 15 is 0 Å². The molecule has 0 aliphatic heterocycles. The Labute approximate surface area is 97.0 Å². The van der Waals surface area contributed by atoms with Gasteiger partial charge in [0.2, 0.25) is 0 Å². The second-order valence-electron chi connectivity index (χ2n) is 4.86. The van der Waals surface area contributed by atoms with E-state index in [9.17, 15) is 0 Å². The molecule has 0 spiro atoms. The van der Waals surface area contributed by atoms with Crippen molar-refractivity contribution in [3.05, 3.63) is 5.92 Å². The van der Waals surface area contributed by atoms with Crippen LogP contribution in [-0.2, 0) is 0 Å². The standard InChI is InChI=1S/C14H30N/c1-4-5-6-7-8-9-10-11-12-15-13-14(2)3/h15H,4-13H2,1-3H3. The normalized spacial score (nSPS) is 11.2. The summed E-state index contributed by atoms with van der Waals surface area (Å²) >= 11 is 0. The van der Waals surface area contributed by atoms with Crippen LogP contribution in [0.2, 0.25) is 0 Å². The summed E-state index contributed by atoms with van der Waals surface area (Å²) in [5.41, 5.74) is 0. The minimum Gasteiger partial charge on any atom is -0.316 e. The lowest BCUT2D eigenvalue weighted by molar-refractivity contribution is 0.557. The van der Waals surface area contributed by atoms with Crippen molar-refractivity contribution in [1.29, 1.82) is 0 Å². The van der Waals surface area contributed by atoms with Crippen molar-refractivity contribution in [3.8, 4) is 0 Å². The molecule has 0 aromatic heterocycles. The minimum absolute atomic E-state index is 1.09. The van der Waals surface area contributed by atoms with E-state index in [1.165, 1.54) is 63.8 Å². The molecule has 0 rings (SSSR count). The van der Waals surface area contributed by atoms with Gasteiger partial charge in [-0.3, -0.25) is 0 Å². The Hall–Kier alpha value is -0.0400. The zero-order valence-electron chi connectivity index (χ0n) is 11.1. The molecule has 0 aliphatic rings. The van der Waals surface area contributed by atoms with Gasteiger partial charge in [0.15, 0.2) is 0 Å². The Morgan fingerprint density at radius 2 is 1.33 bits per heavy atom. The Balaban J connectivity index is 2.87. The first kappa shape index (κ1) is 15.0. The molecule has 0 aliphatic carbocycles. The third-order valence-corrected chi connectivity index (χ3v) is 2.69. The van der Waals surface area contributed by atoms with E-state index in [2.05, 4.69) is 26.1 Å². The van der Waals surface area contributed by atoms with Crippen LogP contribution < -0.4 is 5.32 Å². The molecule has 0 heterocycles. The quantitative estimate of drug-likeness (QED) is 0.503. The molecule has 0 saturated carbocycles. The maximum absolute atomic E-state index is 3.46. The molecule has 0 fully saturated rings. The van der Waals surface area contributed by atoms with Crippen molar-refractivity contribution >= 4 is 0 Å². The highest BCUT2D eigenvalue weighted by atomic mass is 14.8. The average Bonchev–Trinajstić information content (AvgIpc) is 2.20. The maximum Gasteiger partial charge on any atom is 0.000811 e. The van der Waals surface area contributed by atoms with E-state index in [-0.39, 0.29) is 0 Å². The SMILES string of the molecule is CCCCCCCCCCNC[C](C)C. The summed E-state index contributed by atoms with van der Waals surface area (Å²) in [7, 11) is 0. The van der Waals surface area contributed by atoms with Gasteiger partial charge >= 0.3 is 0 Å². The predicted molar refractivity (Wildman–Crippen MR) is 70.1 cm³/mol. The fourth-order valence-corrected chi connectivity index (χ4v) is 1.72. The number of unbranched alkanes of at least 4 members (excludes halogenated alkanes) is 7. The monoisotopic (exact) mass is 212 g/mol. The highest BCUT2D eigenvalue weighted by Gasteiger charge is 1.93. The zero-order chi connectivity index (χ0) is 11.4. The van der Waals surface area contributed by atoms with E-state index in [1.807, 2.05) is 0 Å². The summed E-state index contributed by atoms with van der Waals surface area (Å²) in [5.74, 6) is 1.48. The molecule has 0 atom stereocenters. The van der Waals surface area contributed by atoms with Gasteiger partial charge in [-0.05, 0) is 18.9 Å². The van der Waals surface area contributed by atoms with Crippen LogP contribution in [0.1, 0.15) is 72.1 Å². The van der Waals surface area contributed by atoms with Crippen LogP contribution in [0.25, 0.3) is 0 Å². The second-order valence-corrected chi connectivity index (χ2v) is 4.86. The van der Waals surface area contributed by atoms with E-state index in [0.29, 0.717) is 0 Å². The highest BCUT2D eigenvalue weighted by Crippen LogP contribution is 2.07. The average molecular weight is 212 g/mol. The number of nitrogens with one attached hydrogen (secondary N) is 1. The number of hydrogen-bond donors (Lipinski definition) is 1. The van der Waals surface area contributed by atoms with Crippen molar-refractivity contribution < 1.29 is 0 Å². The maximum atomic E-state index is 3.46. The molecule has 1 nitrogen and oxygen atoms in total. The van der Waals surface area contributed by atoms with E-state index < -0.39 is 0 Å².